The van der Waals surface area contributed by atoms with Crippen molar-refractivity contribution in [2.75, 3.05) is 24.5 Å². The van der Waals surface area contributed by atoms with Crippen molar-refractivity contribution in [3.63, 3.8) is 0 Å². The van der Waals surface area contributed by atoms with Crippen LogP contribution in [0.3, 0.4) is 0 Å². The Labute approximate surface area is 330 Å². The first-order valence-electron chi connectivity index (χ1n) is 17.0. The van der Waals surface area contributed by atoms with Crippen LogP contribution in [0, 0.1) is 23.7 Å². The topological polar surface area (TPSA) is 125 Å². The molecule has 8 rings (SSSR count). The second-order valence-corrected chi connectivity index (χ2v) is 15.4. The van der Waals surface area contributed by atoms with Crippen LogP contribution in [0.15, 0.2) is 90.5 Å². The second-order valence-electron chi connectivity index (χ2n) is 13.8. The molecular weight excluding hydrogens is 776 g/mol. The molecule has 4 aliphatic rings. The van der Waals surface area contributed by atoms with Crippen LogP contribution in [0.2, 0.25) is 20.1 Å². The van der Waals surface area contributed by atoms with Gasteiger partial charge < -0.3 is 14.6 Å². The minimum Gasteiger partial charge on any atom is -0.503 e. The van der Waals surface area contributed by atoms with Crippen molar-refractivity contribution in [2.24, 2.45) is 23.7 Å². The molecule has 2 heterocycles. The summed E-state index contributed by atoms with van der Waals surface area (Å²) in [6, 6.07) is 21.2. The predicted octanol–water partition coefficient (Wildman–Crippen LogP) is 8.21. The lowest BCUT2D eigenvalue weighted by molar-refractivity contribution is -0.138. The monoisotopic (exact) mass is 805 g/mol. The molecule has 54 heavy (non-hydrogen) atoms. The lowest BCUT2D eigenvalue weighted by atomic mass is 9.49. The van der Waals surface area contributed by atoms with Gasteiger partial charge in [0.1, 0.15) is 5.75 Å². The molecule has 4 aromatic rings. The van der Waals surface area contributed by atoms with Crippen molar-refractivity contribution >= 4 is 81.4 Å². The number of aromatic hydroxyl groups is 1. The molecule has 2 N–H and O–H groups in total. The molecule has 6 atom stereocenters. The molecule has 10 nitrogen and oxygen atoms in total. The summed E-state index contributed by atoms with van der Waals surface area (Å²) in [7, 11) is 2.91. The Bertz CT molecular complexity index is 2280. The summed E-state index contributed by atoms with van der Waals surface area (Å²) < 4.78 is 11.0. The van der Waals surface area contributed by atoms with E-state index in [0.717, 1.165) is 5.01 Å². The summed E-state index contributed by atoms with van der Waals surface area (Å²) in [5.74, 6) is -5.79. The van der Waals surface area contributed by atoms with Crippen molar-refractivity contribution in [3.05, 3.63) is 122 Å². The molecule has 4 aromatic carbocycles. The SMILES string of the molecule is COc1ccc(C23C(=O)N(Nc4ccc(Cl)cc4Cl)C(=O)C2CC2C(=CCC4C(=O)N(c5ccc(Cl)cc5)C(=O)C42)C3c2cc(Cl)c(O)c(OC)c2)cc1. The molecule has 14 heteroatoms. The van der Waals surface area contributed by atoms with Crippen LogP contribution < -0.4 is 19.8 Å². The first-order chi connectivity index (χ1) is 25.9. The van der Waals surface area contributed by atoms with E-state index < -0.39 is 52.7 Å². The number of benzene rings is 4. The number of carbonyl (C=O) groups excluding carboxylic acids is 4. The van der Waals surface area contributed by atoms with E-state index >= 15 is 4.79 Å². The predicted molar refractivity (Wildman–Crippen MR) is 204 cm³/mol. The maximum Gasteiger partial charge on any atom is 0.260 e. The first-order valence-corrected chi connectivity index (χ1v) is 18.6. The molecule has 276 valence electrons. The number of amides is 4. The van der Waals surface area contributed by atoms with E-state index in [-0.39, 0.29) is 46.0 Å². The number of hydrogen-bond acceptors (Lipinski definition) is 8. The number of methoxy groups -OCH3 is 2. The molecule has 0 spiro atoms. The van der Waals surface area contributed by atoms with Gasteiger partial charge in [-0.05, 0) is 96.6 Å². The van der Waals surface area contributed by atoms with Crippen molar-refractivity contribution in [1.82, 2.24) is 5.01 Å². The van der Waals surface area contributed by atoms with Gasteiger partial charge >= 0.3 is 0 Å². The number of halogens is 4. The number of allylic oxidation sites excluding steroid dienone is 2. The average Bonchev–Trinajstić information content (AvgIpc) is 3.54. The maximum atomic E-state index is 15.4. The lowest BCUT2D eigenvalue weighted by Crippen LogP contribution is -2.53. The van der Waals surface area contributed by atoms with Crippen LogP contribution in [0.1, 0.15) is 29.9 Å². The Morgan fingerprint density at radius 3 is 2.15 bits per heavy atom. The van der Waals surface area contributed by atoms with Gasteiger partial charge in [-0.2, -0.15) is 5.01 Å². The average molecular weight is 808 g/mol. The van der Waals surface area contributed by atoms with Crippen LogP contribution >= 0.6 is 46.4 Å². The van der Waals surface area contributed by atoms with Crippen molar-refractivity contribution < 1.29 is 33.8 Å². The molecule has 0 radical (unpaired) electrons. The molecule has 0 bridgehead atoms. The number of hydrazine groups is 1. The van der Waals surface area contributed by atoms with Crippen molar-refractivity contribution in [3.8, 4) is 17.2 Å². The van der Waals surface area contributed by atoms with E-state index in [9.17, 15) is 19.5 Å². The highest BCUT2D eigenvalue weighted by Gasteiger charge is 2.70. The van der Waals surface area contributed by atoms with Crippen LogP contribution in [0.4, 0.5) is 11.4 Å². The number of nitrogens with one attached hydrogen (secondary N) is 1. The zero-order valence-corrected chi connectivity index (χ0v) is 31.7. The number of anilines is 2. The third-order valence-corrected chi connectivity index (χ3v) is 12.4. The van der Waals surface area contributed by atoms with Crippen LogP contribution in [-0.2, 0) is 24.6 Å². The van der Waals surface area contributed by atoms with Gasteiger partial charge in [-0.25, -0.2) is 0 Å². The van der Waals surface area contributed by atoms with Gasteiger partial charge in [0, 0.05) is 16.0 Å². The van der Waals surface area contributed by atoms with Gasteiger partial charge in [0.15, 0.2) is 11.5 Å². The molecule has 2 aliphatic heterocycles. The third kappa shape index (κ3) is 5.37. The first kappa shape index (κ1) is 36.2. The van der Waals surface area contributed by atoms with Crippen molar-refractivity contribution in [2.45, 2.75) is 24.2 Å². The minimum absolute atomic E-state index is 0.0390. The van der Waals surface area contributed by atoms with E-state index in [4.69, 9.17) is 55.9 Å². The van der Waals surface area contributed by atoms with Gasteiger partial charge in [-0.3, -0.25) is 29.5 Å². The van der Waals surface area contributed by atoms with Crippen LogP contribution in [-0.4, -0.2) is 48.0 Å². The Morgan fingerprint density at radius 1 is 0.778 bits per heavy atom. The molecule has 3 fully saturated rings. The summed E-state index contributed by atoms with van der Waals surface area (Å²) >= 11 is 25.5. The number of fused-ring (bicyclic) bond motifs is 4. The van der Waals surface area contributed by atoms with Gasteiger partial charge in [0.2, 0.25) is 11.8 Å². The van der Waals surface area contributed by atoms with Crippen LogP contribution in [0.5, 0.6) is 17.2 Å². The summed E-state index contributed by atoms with van der Waals surface area (Å²) in [5, 5.41) is 12.8. The summed E-state index contributed by atoms with van der Waals surface area (Å²) in [5.41, 5.74) is 3.66. The highest BCUT2D eigenvalue weighted by molar-refractivity contribution is 6.36. The highest BCUT2D eigenvalue weighted by Crippen LogP contribution is 2.65. The second kappa shape index (κ2) is 13.5. The highest BCUT2D eigenvalue weighted by atomic mass is 35.5. The third-order valence-electron chi connectivity index (χ3n) is 11.3. The Hall–Kier alpha value is -4.74. The fourth-order valence-electron chi connectivity index (χ4n) is 8.98. The molecule has 2 aliphatic carbocycles. The standard InChI is InChI=1S/C40H31Cl4N3O7/c1-53-24-10-3-20(4-11-24)40-28(37(50)47(39(40)52)45-31-14-7-22(42)17-29(31)43)18-27-25(34(40)19-15-30(44)35(48)32(16-19)54-2)12-13-26-33(27)38(51)46(36(26)49)23-8-5-21(41)6-9-23/h3-12,14-17,26-28,33-34,45,48H,13,18H2,1-2H3. The summed E-state index contributed by atoms with van der Waals surface area (Å²) in [6.07, 6.45) is 2.19. The van der Waals surface area contributed by atoms with E-state index in [1.807, 2.05) is 6.08 Å². The number of imide groups is 2. The molecule has 1 saturated carbocycles. The molecular formula is C40H31Cl4N3O7. The molecule has 6 unspecified atom stereocenters. The maximum absolute atomic E-state index is 15.4. The number of nitrogens with zero attached hydrogens (tertiary/aromatic N) is 2. The smallest absolute Gasteiger partial charge is 0.260 e. The minimum atomic E-state index is -1.63. The van der Waals surface area contributed by atoms with E-state index in [2.05, 4.69) is 5.43 Å². The zero-order valence-electron chi connectivity index (χ0n) is 28.7. The van der Waals surface area contributed by atoms with Gasteiger partial charge in [-0.15, -0.1) is 0 Å². The Balaban J connectivity index is 1.35. The number of hydrogen-bond donors (Lipinski definition) is 2. The number of carbonyl (C=O) groups is 4. The van der Waals surface area contributed by atoms with E-state index in [1.165, 1.54) is 25.2 Å². The fraction of sp³-hybridized carbons (Fsp3) is 0.250. The normalized spacial score (nSPS) is 26.0. The number of phenols is 1. The number of rotatable bonds is 7. The Kier molecular flexibility index (Phi) is 9.08. The van der Waals surface area contributed by atoms with Gasteiger partial charge in [-0.1, -0.05) is 70.2 Å². The largest absolute Gasteiger partial charge is 0.503 e. The number of phenolic OH excluding ortho intramolecular Hbond substituents is 1. The molecule has 0 aromatic heterocycles. The summed E-state index contributed by atoms with van der Waals surface area (Å²) in [6.45, 7) is 0. The van der Waals surface area contributed by atoms with E-state index in [0.29, 0.717) is 38.2 Å². The molecule has 2 saturated heterocycles. The number of ether oxygens (including phenoxy) is 2. The fourth-order valence-corrected chi connectivity index (χ4v) is 9.77. The quantitative estimate of drug-likeness (QED) is 0.142. The van der Waals surface area contributed by atoms with Gasteiger partial charge in [0.05, 0.1) is 58.8 Å². The van der Waals surface area contributed by atoms with Crippen LogP contribution in [0.25, 0.3) is 0 Å². The zero-order chi connectivity index (χ0) is 38.2. The summed E-state index contributed by atoms with van der Waals surface area (Å²) in [4.78, 5) is 60.1. The lowest BCUT2D eigenvalue weighted by Gasteiger charge is -2.50. The Morgan fingerprint density at radius 2 is 1.48 bits per heavy atom. The van der Waals surface area contributed by atoms with Gasteiger partial charge in [0.25, 0.3) is 11.8 Å². The van der Waals surface area contributed by atoms with Crippen molar-refractivity contribution in [1.29, 1.82) is 0 Å². The van der Waals surface area contributed by atoms with E-state index in [1.54, 1.807) is 72.8 Å². The molecule has 4 amide bonds.